The molecule has 0 saturated carbocycles. The molecule has 0 aromatic heterocycles. The Hall–Kier alpha value is 0.239. The topological polar surface area (TPSA) is 26.0 Å². The molecule has 0 radical (unpaired) electrons. The number of hydrogen-bond acceptors (Lipinski definition) is 1. The van der Waals surface area contributed by atoms with Crippen molar-refractivity contribution < 1.29 is 0 Å². The monoisotopic (exact) mass is 373 g/mol. The molecule has 0 aliphatic rings. The Morgan fingerprint density at radius 3 is 1.63 bits per heavy atom. The van der Waals surface area contributed by atoms with E-state index in [4.69, 9.17) is 5.73 Å². The average molecular weight is 372 g/mol. The standard InChI is InChI=1S/C5H8N.3C4H9.Sn/c1-2-3-4-5-6;3*1-3-4-2;/h1-4H,5-6H2;3*1,3-4H2,2H3;. The summed E-state index contributed by atoms with van der Waals surface area (Å²) in [6.45, 7) is 7.64. The molecule has 0 aromatic carbocycles. The van der Waals surface area contributed by atoms with E-state index in [2.05, 4.69) is 43.1 Å². The van der Waals surface area contributed by atoms with Crippen LogP contribution in [0.2, 0.25) is 13.3 Å². The van der Waals surface area contributed by atoms with Gasteiger partial charge in [-0.2, -0.15) is 0 Å². The third-order valence-corrected chi connectivity index (χ3v) is 18.0. The van der Waals surface area contributed by atoms with Crippen LogP contribution >= 0.6 is 0 Å². The number of nitrogens with two attached hydrogens (primary N) is 1. The summed E-state index contributed by atoms with van der Waals surface area (Å²) in [4.78, 5) is 0. The summed E-state index contributed by atoms with van der Waals surface area (Å²) in [6.07, 6.45) is 14.9. The van der Waals surface area contributed by atoms with Gasteiger partial charge in [-0.1, -0.05) is 0 Å². The summed E-state index contributed by atoms with van der Waals surface area (Å²) in [5, 5.41) is 0. The quantitative estimate of drug-likeness (QED) is 0.358. The zero-order valence-electron chi connectivity index (χ0n) is 13.5. The van der Waals surface area contributed by atoms with Crippen molar-refractivity contribution in [1.82, 2.24) is 0 Å². The predicted molar refractivity (Wildman–Crippen MR) is 92.2 cm³/mol. The minimum atomic E-state index is -2.01. The van der Waals surface area contributed by atoms with Gasteiger partial charge in [-0.15, -0.1) is 0 Å². The molecule has 0 heterocycles. The molecule has 0 aliphatic heterocycles. The van der Waals surface area contributed by atoms with Crippen molar-refractivity contribution in [2.75, 3.05) is 6.54 Å². The first kappa shape index (κ1) is 19.2. The maximum atomic E-state index is 5.52. The van der Waals surface area contributed by atoms with Crippen molar-refractivity contribution in [1.29, 1.82) is 0 Å². The van der Waals surface area contributed by atoms with Crippen molar-refractivity contribution >= 4 is 18.4 Å². The van der Waals surface area contributed by atoms with E-state index in [9.17, 15) is 0 Å². The molecule has 0 atom stereocenters. The Balaban J connectivity index is 4.75. The maximum absolute atomic E-state index is 5.52. The van der Waals surface area contributed by atoms with Crippen LogP contribution in [0, 0.1) is 0 Å². The van der Waals surface area contributed by atoms with Crippen molar-refractivity contribution in [2.45, 2.75) is 72.6 Å². The zero-order valence-corrected chi connectivity index (χ0v) is 16.3. The number of unbranched alkanes of at least 4 members (excludes halogenated alkanes) is 3. The Morgan fingerprint density at radius 2 is 1.26 bits per heavy atom. The van der Waals surface area contributed by atoms with Crippen LogP contribution in [0.5, 0.6) is 0 Å². The molecule has 0 unspecified atom stereocenters. The van der Waals surface area contributed by atoms with E-state index in [0.717, 1.165) is 0 Å². The summed E-state index contributed by atoms with van der Waals surface area (Å²) in [6, 6.07) is 0. The first-order chi connectivity index (χ1) is 9.24. The van der Waals surface area contributed by atoms with Crippen LogP contribution in [-0.2, 0) is 0 Å². The van der Waals surface area contributed by atoms with Crippen molar-refractivity contribution in [3.05, 3.63) is 22.3 Å². The average Bonchev–Trinajstić information content (AvgIpc) is 2.44. The molecule has 2 N–H and O–H groups in total. The van der Waals surface area contributed by atoms with Crippen molar-refractivity contribution in [3.8, 4) is 0 Å². The molecule has 0 aliphatic carbocycles. The van der Waals surface area contributed by atoms with E-state index in [-0.39, 0.29) is 0 Å². The van der Waals surface area contributed by atoms with E-state index in [1.165, 1.54) is 38.5 Å². The van der Waals surface area contributed by atoms with Gasteiger partial charge in [0.05, 0.1) is 0 Å². The second-order valence-electron chi connectivity index (χ2n) is 5.70. The molecule has 19 heavy (non-hydrogen) atoms. The van der Waals surface area contributed by atoms with Gasteiger partial charge in [0, 0.05) is 0 Å². The molecule has 0 fully saturated rings. The van der Waals surface area contributed by atoms with E-state index < -0.39 is 18.4 Å². The summed E-state index contributed by atoms with van der Waals surface area (Å²) in [5.41, 5.74) is 5.52. The molecule has 0 rings (SSSR count). The fourth-order valence-electron chi connectivity index (χ4n) is 2.63. The molecule has 0 bridgehead atoms. The van der Waals surface area contributed by atoms with Crippen LogP contribution in [0.1, 0.15) is 59.3 Å². The Kier molecular flexibility index (Phi) is 13.4. The molecule has 1 nitrogen and oxygen atoms in total. The summed E-state index contributed by atoms with van der Waals surface area (Å²) >= 11 is -2.01. The van der Waals surface area contributed by atoms with Crippen molar-refractivity contribution in [2.24, 2.45) is 5.73 Å². The van der Waals surface area contributed by atoms with Crippen LogP contribution in [0.15, 0.2) is 22.3 Å². The molecule has 0 aromatic rings. The molecular formula is C17H35NSn. The fourth-order valence-corrected chi connectivity index (χ4v) is 16.7. The molecule has 0 spiro atoms. The molecular weight excluding hydrogens is 337 g/mol. The van der Waals surface area contributed by atoms with Crippen LogP contribution in [0.25, 0.3) is 0 Å². The normalized spacial score (nSPS) is 12.8. The van der Waals surface area contributed by atoms with Crippen LogP contribution in [0.3, 0.4) is 0 Å². The SMILES string of the molecule is CCC[CH2][Sn]([CH]=CC=CCN)([CH2]CCC)[CH2]CCC. The first-order valence-corrected chi connectivity index (χ1v) is 16.0. The van der Waals surface area contributed by atoms with E-state index >= 15 is 0 Å². The molecule has 0 amide bonds. The second-order valence-corrected chi connectivity index (χ2v) is 18.7. The predicted octanol–water partition coefficient (Wildman–Crippen LogP) is 5.45. The van der Waals surface area contributed by atoms with Crippen LogP contribution in [-0.4, -0.2) is 24.9 Å². The van der Waals surface area contributed by atoms with E-state index in [1.807, 2.05) is 0 Å². The first-order valence-electron chi connectivity index (χ1n) is 8.29. The Morgan fingerprint density at radius 1 is 0.789 bits per heavy atom. The van der Waals surface area contributed by atoms with Gasteiger partial charge in [0.15, 0.2) is 0 Å². The van der Waals surface area contributed by atoms with Gasteiger partial charge in [-0.25, -0.2) is 0 Å². The van der Waals surface area contributed by atoms with Crippen LogP contribution in [0.4, 0.5) is 0 Å². The summed E-state index contributed by atoms with van der Waals surface area (Å²) < 4.78 is 7.34. The van der Waals surface area contributed by atoms with Gasteiger partial charge in [0.2, 0.25) is 0 Å². The molecule has 2 heteroatoms. The Bertz CT molecular complexity index is 224. The zero-order chi connectivity index (χ0) is 14.4. The van der Waals surface area contributed by atoms with Gasteiger partial charge in [0.1, 0.15) is 0 Å². The van der Waals surface area contributed by atoms with Crippen LogP contribution < -0.4 is 5.73 Å². The summed E-state index contributed by atoms with van der Waals surface area (Å²) in [7, 11) is 0. The minimum absolute atomic E-state index is 0.658. The third kappa shape index (κ3) is 9.72. The molecule has 0 saturated heterocycles. The van der Waals surface area contributed by atoms with Crippen molar-refractivity contribution in [3.63, 3.8) is 0 Å². The van der Waals surface area contributed by atoms with E-state index in [1.54, 1.807) is 13.3 Å². The molecule has 112 valence electrons. The number of rotatable bonds is 12. The van der Waals surface area contributed by atoms with Gasteiger partial charge < -0.3 is 0 Å². The third-order valence-electron chi connectivity index (χ3n) is 3.92. The van der Waals surface area contributed by atoms with Gasteiger partial charge in [0.25, 0.3) is 0 Å². The van der Waals surface area contributed by atoms with Gasteiger partial charge in [-0.3, -0.25) is 0 Å². The Labute approximate surface area is 125 Å². The van der Waals surface area contributed by atoms with Gasteiger partial charge >= 0.3 is 126 Å². The summed E-state index contributed by atoms with van der Waals surface area (Å²) in [5.74, 6) is 0. The van der Waals surface area contributed by atoms with E-state index in [0.29, 0.717) is 6.54 Å². The number of hydrogen-bond donors (Lipinski definition) is 1. The van der Waals surface area contributed by atoms with Gasteiger partial charge in [-0.05, 0) is 0 Å². The second kappa shape index (κ2) is 13.2. The fraction of sp³-hybridized carbons (Fsp3) is 0.765. The number of allylic oxidation sites excluding steroid dienone is 2.